The number of methoxy groups -OCH3 is 1. The first-order chi connectivity index (χ1) is 17.6. The average Bonchev–Trinajstić information content (AvgIpc) is 2.84. The molecule has 2 aromatic rings. The first-order valence-electron chi connectivity index (χ1n) is 11.7. The molecule has 2 atom stereocenters. The second kappa shape index (κ2) is 12.7. The van der Waals surface area contributed by atoms with Gasteiger partial charge in [-0.2, -0.15) is 13.2 Å². The summed E-state index contributed by atoms with van der Waals surface area (Å²) in [7, 11) is -2.72. The molecule has 0 heterocycles. The molecule has 1 N–H and O–H groups in total. The molecule has 13 heteroatoms. The summed E-state index contributed by atoms with van der Waals surface area (Å²) in [4.78, 5) is 27.6. The summed E-state index contributed by atoms with van der Waals surface area (Å²) in [6.07, 6.45) is -3.43. The van der Waals surface area contributed by atoms with Gasteiger partial charge in [-0.15, -0.1) is 0 Å². The van der Waals surface area contributed by atoms with E-state index in [-0.39, 0.29) is 12.6 Å². The molecule has 0 unspecified atom stereocenters. The molecule has 2 rings (SSSR count). The maximum absolute atomic E-state index is 13.5. The van der Waals surface area contributed by atoms with Crippen LogP contribution in [-0.4, -0.2) is 57.1 Å². The van der Waals surface area contributed by atoms with E-state index in [0.717, 1.165) is 18.4 Å². The second-order valence-electron chi connectivity index (χ2n) is 8.80. The van der Waals surface area contributed by atoms with Gasteiger partial charge in [0.25, 0.3) is 0 Å². The Morgan fingerprint density at radius 3 is 2.21 bits per heavy atom. The van der Waals surface area contributed by atoms with Crippen molar-refractivity contribution in [2.45, 2.75) is 52.0 Å². The van der Waals surface area contributed by atoms with Crippen LogP contribution in [-0.2, 0) is 32.3 Å². The maximum Gasteiger partial charge on any atom is 0.417 e. The van der Waals surface area contributed by atoms with E-state index in [1.807, 2.05) is 6.92 Å². The SMILES string of the molecule is CC[C@H](C)NC(=O)[C@H](C)N(Cc1ccc(OC)cc1)C(=O)CN(c1ccc(Cl)c(C(F)(F)F)c1)S(C)(=O)=O. The van der Waals surface area contributed by atoms with Crippen molar-refractivity contribution in [2.24, 2.45) is 0 Å². The molecule has 0 aromatic heterocycles. The fraction of sp³-hybridized carbons (Fsp3) is 0.440. The minimum atomic E-state index is -4.84. The van der Waals surface area contributed by atoms with Crippen molar-refractivity contribution < 1.29 is 35.9 Å². The van der Waals surface area contributed by atoms with Crippen LogP contribution in [0, 0.1) is 0 Å². The van der Waals surface area contributed by atoms with E-state index < -0.39 is 56.9 Å². The van der Waals surface area contributed by atoms with Crippen molar-refractivity contribution in [1.29, 1.82) is 0 Å². The molecular formula is C25H31ClF3N3O5S. The zero-order chi connectivity index (χ0) is 28.8. The Hall–Kier alpha value is -2.99. The predicted octanol–water partition coefficient (Wildman–Crippen LogP) is 4.47. The summed E-state index contributed by atoms with van der Waals surface area (Å²) < 4.78 is 71.2. The molecule has 0 aliphatic rings. The van der Waals surface area contributed by atoms with Crippen LogP contribution < -0.4 is 14.4 Å². The van der Waals surface area contributed by atoms with E-state index in [4.69, 9.17) is 16.3 Å². The number of halogens is 4. The van der Waals surface area contributed by atoms with Gasteiger partial charge in [-0.1, -0.05) is 30.7 Å². The van der Waals surface area contributed by atoms with Gasteiger partial charge in [-0.3, -0.25) is 13.9 Å². The van der Waals surface area contributed by atoms with E-state index in [9.17, 15) is 31.2 Å². The van der Waals surface area contributed by atoms with Gasteiger partial charge in [0.1, 0.15) is 18.3 Å². The normalized spacial score (nSPS) is 13.4. The van der Waals surface area contributed by atoms with Crippen molar-refractivity contribution in [3.8, 4) is 5.75 Å². The standard InChI is InChI=1S/C25H31ClF3N3O5S/c1-6-16(2)30-24(34)17(3)31(14-18-7-10-20(37-4)11-8-18)23(33)15-32(38(5,35)36)19-9-12-22(26)21(13-19)25(27,28)29/h7-13,16-17H,6,14-15H2,1-5H3,(H,30,34)/t16-,17-/m0/s1. The van der Waals surface area contributed by atoms with Gasteiger partial charge in [0, 0.05) is 12.6 Å². The molecule has 2 amide bonds. The van der Waals surface area contributed by atoms with Crippen molar-refractivity contribution in [2.75, 3.05) is 24.2 Å². The quantitative estimate of drug-likeness (QED) is 0.425. The number of hydrogen-bond donors (Lipinski definition) is 1. The summed E-state index contributed by atoms with van der Waals surface area (Å²) >= 11 is 5.68. The zero-order valence-corrected chi connectivity index (χ0v) is 23.2. The summed E-state index contributed by atoms with van der Waals surface area (Å²) in [5.41, 5.74) is -1.01. The molecule has 38 heavy (non-hydrogen) atoms. The molecule has 0 spiro atoms. The summed E-state index contributed by atoms with van der Waals surface area (Å²) in [6, 6.07) is 8.07. The Morgan fingerprint density at radius 1 is 1.11 bits per heavy atom. The molecule has 2 aromatic carbocycles. The third kappa shape index (κ3) is 8.26. The number of nitrogens with one attached hydrogen (secondary N) is 1. The van der Waals surface area contributed by atoms with E-state index in [1.165, 1.54) is 18.9 Å². The molecule has 0 aliphatic heterocycles. The first-order valence-corrected chi connectivity index (χ1v) is 13.9. The summed E-state index contributed by atoms with van der Waals surface area (Å²) in [5, 5.41) is 2.18. The van der Waals surface area contributed by atoms with Crippen molar-refractivity contribution >= 4 is 39.1 Å². The number of alkyl halides is 3. The lowest BCUT2D eigenvalue weighted by Gasteiger charge is -2.32. The minimum Gasteiger partial charge on any atom is -0.497 e. The van der Waals surface area contributed by atoms with Crippen LogP contribution in [0.15, 0.2) is 42.5 Å². The lowest BCUT2D eigenvalue weighted by Crippen LogP contribution is -2.52. The van der Waals surface area contributed by atoms with Gasteiger partial charge in [0.2, 0.25) is 21.8 Å². The Labute approximate surface area is 225 Å². The average molecular weight is 578 g/mol. The minimum absolute atomic E-state index is 0.0655. The van der Waals surface area contributed by atoms with Crippen LogP contribution in [0.3, 0.4) is 0 Å². The van der Waals surface area contributed by atoms with E-state index in [2.05, 4.69) is 5.32 Å². The highest BCUT2D eigenvalue weighted by molar-refractivity contribution is 7.92. The Morgan fingerprint density at radius 2 is 1.71 bits per heavy atom. The monoisotopic (exact) mass is 577 g/mol. The van der Waals surface area contributed by atoms with Crippen LogP contribution in [0.25, 0.3) is 0 Å². The molecule has 8 nitrogen and oxygen atoms in total. The third-order valence-electron chi connectivity index (χ3n) is 5.90. The first kappa shape index (κ1) is 31.2. The highest BCUT2D eigenvalue weighted by atomic mass is 35.5. The Kier molecular flexibility index (Phi) is 10.4. The fourth-order valence-corrected chi connectivity index (χ4v) is 4.54. The van der Waals surface area contributed by atoms with Crippen molar-refractivity contribution in [3.05, 3.63) is 58.6 Å². The predicted molar refractivity (Wildman–Crippen MR) is 140 cm³/mol. The van der Waals surface area contributed by atoms with Crippen LogP contribution >= 0.6 is 11.6 Å². The highest BCUT2D eigenvalue weighted by Crippen LogP contribution is 2.37. The number of sulfonamides is 1. The van der Waals surface area contributed by atoms with Crippen LogP contribution in [0.4, 0.5) is 18.9 Å². The second-order valence-corrected chi connectivity index (χ2v) is 11.1. The van der Waals surface area contributed by atoms with Crippen LogP contribution in [0.5, 0.6) is 5.75 Å². The zero-order valence-electron chi connectivity index (χ0n) is 21.7. The van der Waals surface area contributed by atoms with Gasteiger partial charge in [0.05, 0.1) is 29.6 Å². The number of anilines is 1. The molecule has 210 valence electrons. The number of amides is 2. The molecule has 0 saturated heterocycles. The number of ether oxygens (including phenoxy) is 1. The van der Waals surface area contributed by atoms with Gasteiger partial charge in [-0.25, -0.2) is 8.42 Å². The Balaban J connectivity index is 2.47. The number of rotatable bonds is 11. The van der Waals surface area contributed by atoms with Gasteiger partial charge >= 0.3 is 6.18 Å². The number of nitrogens with zero attached hydrogens (tertiary/aromatic N) is 2. The van der Waals surface area contributed by atoms with Crippen LogP contribution in [0.2, 0.25) is 5.02 Å². The van der Waals surface area contributed by atoms with E-state index in [1.54, 1.807) is 31.2 Å². The number of carbonyl (C=O) groups is 2. The number of hydrogen-bond acceptors (Lipinski definition) is 5. The van der Waals surface area contributed by atoms with E-state index in [0.29, 0.717) is 28.1 Å². The molecular weight excluding hydrogens is 547 g/mol. The molecule has 0 saturated carbocycles. The van der Waals surface area contributed by atoms with Gasteiger partial charge in [0.15, 0.2) is 0 Å². The number of carbonyl (C=O) groups excluding carboxylic acids is 2. The van der Waals surface area contributed by atoms with Crippen molar-refractivity contribution in [3.63, 3.8) is 0 Å². The lowest BCUT2D eigenvalue weighted by atomic mass is 10.1. The lowest BCUT2D eigenvalue weighted by molar-refractivity contribution is -0.139. The van der Waals surface area contributed by atoms with Crippen molar-refractivity contribution in [1.82, 2.24) is 10.2 Å². The molecule has 0 aliphatic carbocycles. The highest BCUT2D eigenvalue weighted by Gasteiger charge is 2.35. The smallest absolute Gasteiger partial charge is 0.417 e. The molecule has 0 bridgehead atoms. The fourth-order valence-electron chi connectivity index (χ4n) is 3.48. The summed E-state index contributed by atoms with van der Waals surface area (Å²) in [6.45, 7) is 4.26. The summed E-state index contributed by atoms with van der Waals surface area (Å²) in [5.74, 6) is -0.680. The molecule has 0 radical (unpaired) electrons. The maximum atomic E-state index is 13.5. The largest absolute Gasteiger partial charge is 0.497 e. The number of benzene rings is 2. The van der Waals surface area contributed by atoms with E-state index >= 15 is 0 Å². The van der Waals surface area contributed by atoms with Crippen LogP contribution in [0.1, 0.15) is 38.3 Å². The van der Waals surface area contributed by atoms with Gasteiger partial charge in [-0.05, 0) is 56.2 Å². The Bertz CT molecular complexity index is 1240. The topological polar surface area (TPSA) is 96.0 Å². The van der Waals surface area contributed by atoms with Gasteiger partial charge < -0.3 is 15.0 Å². The molecule has 0 fully saturated rings. The third-order valence-corrected chi connectivity index (χ3v) is 7.37.